The minimum absolute atomic E-state index is 0.0120. The number of carbonyl (C=O) groups excluding carboxylic acids is 1. The molecule has 1 atom stereocenters. The number of aliphatic hydroxyl groups excluding tert-OH is 1. The Hall–Kier alpha value is -2.09. The SMILES string of the molecule is CC1(C)Cc2cccc(OCC(=O)N3CCN(CC(O)c4cccs4)CC3)c2O1. The van der Waals surface area contributed by atoms with Crippen LogP contribution < -0.4 is 9.47 Å². The maximum atomic E-state index is 12.6. The van der Waals surface area contributed by atoms with Gasteiger partial charge in [0.05, 0.1) is 0 Å². The van der Waals surface area contributed by atoms with Crippen molar-refractivity contribution in [1.82, 2.24) is 9.80 Å². The molecule has 2 aliphatic rings. The molecule has 1 N–H and O–H groups in total. The molecule has 29 heavy (non-hydrogen) atoms. The molecule has 0 aliphatic carbocycles. The van der Waals surface area contributed by atoms with Crippen LogP contribution in [-0.2, 0) is 11.2 Å². The van der Waals surface area contributed by atoms with Crippen molar-refractivity contribution >= 4 is 17.2 Å². The van der Waals surface area contributed by atoms with Crippen molar-refractivity contribution in [1.29, 1.82) is 0 Å². The largest absolute Gasteiger partial charge is 0.483 e. The molecule has 3 heterocycles. The molecule has 156 valence electrons. The number of piperazine rings is 1. The molecule has 1 saturated heterocycles. The maximum Gasteiger partial charge on any atom is 0.260 e. The van der Waals surface area contributed by atoms with Crippen LogP contribution in [0.2, 0.25) is 0 Å². The Morgan fingerprint density at radius 2 is 2.03 bits per heavy atom. The molecule has 7 heteroatoms. The van der Waals surface area contributed by atoms with Gasteiger partial charge in [-0.15, -0.1) is 11.3 Å². The molecular formula is C22H28N2O4S. The molecule has 1 aromatic carbocycles. The van der Waals surface area contributed by atoms with Crippen LogP contribution in [0.5, 0.6) is 11.5 Å². The highest BCUT2D eigenvalue weighted by atomic mass is 32.1. The Morgan fingerprint density at radius 3 is 2.76 bits per heavy atom. The van der Waals surface area contributed by atoms with Crippen molar-refractivity contribution < 1.29 is 19.4 Å². The smallest absolute Gasteiger partial charge is 0.260 e. The molecule has 0 radical (unpaired) electrons. The van der Waals surface area contributed by atoms with Gasteiger partial charge in [0.15, 0.2) is 18.1 Å². The molecule has 0 saturated carbocycles. The Kier molecular flexibility index (Phi) is 5.81. The maximum absolute atomic E-state index is 12.6. The number of hydrogen-bond donors (Lipinski definition) is 1. The molecular weight excluding hydrogens is 388 g/mol. The number of aliphatic hydroxyl groups is 1. The molecule has 1 unspecified atom stereocenters. The number of para-hydroxylation sites is 1. The number of ether oxygens (including phenoxy) is 2. The number of fused-ring (bicyclic) bond motifs is 1. The Morgan fingerprint density at radius 1 is 1.24 bits per heavy atom. The highest BCUT2D eigenvalue weighted by molar-refractivity contribution is 7.10. The summed E-state index contributed by atoms with van der Waals surface area (Å²) >= 11 is 1.57. The fourth-order valence-electron chi connectivity index (χ4n) is 3.93. The van der Waals surface area contributed by atoms with Gasteiger partial charge in [-0.05, 0) is 31.4 Å². The summed E-state index contributed by atoms with van der Waals surface area (Å²) in [5.41, 5.74) is 0.883. The normalized spacial score (nSPS) is 19.5. The van der Waals surface area contributed by atoms with Crippen molar-refractivity contribution in [3.05, 3.63) is 46.2 Å². The van der Waals surface area contributed by atoms with Crippen LogP contribution in [0.4, 0.5) is 0 Å². The quantitative estimate of drug-likeness (QED) is 0.785. The summed E-state index contributed by atoms with van der Waals surface area (Å²) in [5.74, 6) is 1.38. The molecule has 1 amide bonds. The Bertz CT molecular complexity index is 845. The van der Waals surface area contributed by atoms with E-state index in [2.05, 4.69) is 18.7 Å². The predicted octanol–water partition coefficient (Wildman–Crippen LogP) is 2.72. The van der Waals surface area contributed by atoms with E-state index >= 15 is 0 Å². The minimum Gasteiger partial charge on any atom is -0.483 e. The standard InChI is InChI=1S/C22H28N2O4S/c1-22(2)13-16-5-3-6-18(21(16)28-22)27-15-20(26)24-10-8-23(9-11-24)14-17(25)19-7-4-12-29-19/h3-7,12,17,25H,8-11,13-15H2,1-2H3. The van der Waals surface area contributed by atoms with E-state index in [9.17, 15) is 9.90 Å². The van der Waals surface area contributed by atoms with E-state index in [0.29, 0.717) is 25.4 Å². The number of hydrogen-bond acceptors (Lipinski definition) is 6. The second kappa shape index (κ2) is 8.34. The Balaban J connectivity index is 1.26. The highest BCUT2D eigenvalue weighted by Gasteiger charge is 2.32. The van der Waals surface area contributed by atoms with E-state index in [0.717, 1.165) is 35.7 Å². The number of rotatable bonds is 6. The first-order valence-corrected chi connectivity index (χ1v) is 10.9. The lowest BCUT2D eigenvalue weighted by Gasteiger charge is -2.35. The summed E-state index contributed by atoms with van der Waals surface area (Å²) in [7, 11) is 0. The summed E-state index contributed by atoms with van der Waals surface area (Å²) in [5, 5.41) is 12.3. The lowest BCUT2D eigenvalue weighted by Crippen LogP contribution is -2.50. The van der Waals surface area contributed by atoms with Crippen LogP contribution in [0.25, 0.3) is 0 Å². The Labute approximate surface area is 175 Å². The number of nitrogens with zero attached hydrogens (tertiary/aromatic N) is 2. The lowest BCUT2D eigenvalue weighted by atomic mass is 10.0. The van der Waals surface area contributed by atoms with E-state index < -0.39 is 6.10 Å². The van der Waals surface area contributed by atoms with Crippen LogP contribution in [0.3, 0.4) is 0 Å². The van der Waals surface area contributed by atoms with Gasteiger partial charge in [-0.25, -0.2) is 0 Å². The van der Waals surface area contributed by atoms with Crippen LogP contribution in [0, 0.1) is 0 Å². The molecule has 0 spiro atoms. The van der Waals surface area contributed by atoms with Gasteiger partial charge in [0.25, 0.3) is 5.91 Å². The minimum atomic E-state index is -0.468. The topological polar surface area (TPSA) is 62.2 Å². The van der Waals surface area contributed by atoms with Crippen LogP contribution in [0.15, 0.2) is 35.7 Å². The van der Waals surface area contributed by atoms with E-state index in [1.165, 1.54) is 0 Å². The molecule has 2 aromatic rings. The summed E-state index contributed by atoms with van der Waals surface area (Å²) in [6, 6.07) is 9.76. The first-order valence-electron chi connectivity index (χ1n) is 10.1. The van der Waals surface area contributed by atoms with Gasteiger partial charge in [-0.1, -0.05) is 18.2 Å². The zero-order valence-corrected chi connectivity index (χ0v) is 17.8. The molecule has 1 fully saturated rings. The first kappa shape index (κ1) is 20.2. The summed E-state index contributed by atoms with van der Waals surface area (Å²) in [6.07, 6.45) is 0.372. The van der Waals surface area contributed by atoms with Gasteiger partial charge in [0.2, 0.25) is 0 Å². The first-order chi connectivity index (χ1) is 13.9. The van der Waals surface area contributed by atoms with Gasteiger partial charge in [0, 0.05) is 49.6 Å². The fraction of sp³-hybridized carbons (Fsp3) is 0.500. The number of carbonyl (C=O) groups is 1. The van der Waals surface area contributed by atoms with Crippen molar-refractivity contribution in [2.45, 2.75) is 32.0 Å². The second-order valence-corrected chi connectivity index (χ2v) is 9.26. The van der Waals surface area contributed by atoms with Crippen molar-refractivity contribution in [3.63, 3.8) is 0 Å². The third-order valence-electron chi connectivity index (χ3n) is 5.43. The number of amides is 1. The summed E-state index contributed by atoms with van der Waals surface area (Å²) in [4.78, 5) is 17.6. The zero-order valence-electron chi connectivity index (χ0n) is 17.0. The average Bonchev–Trinajstić information content (AvgIpc) is 3.33. The van der Waals surface area contributed by atoms with Crippen LogP contribution in [0.1, 0.15) is 30.4 Å². The van der Waals surface area contributed by atoms with Gasteiger partial charge in [-0.3, -0.25) is 9.69 Å². The average molecular weight is 417 g/mol. The van der Waals surface area contributed by atoms with E-state index in [4.69, 9.17) is 9.47 Å². The summed E-state index contributed by atoms with van der Waals surface area (Å²) in [6.45, 7) is 7.53. The van der Waals surface area contributed by atoms with Gasteiger partial charge < -0.3 is 19.5 Å². The number of thiophene rings is 1. The third kappa shape index (κ3) is 4.74. The van der Waals surface area contributed by atoms with Crippen LogP contribution >= 0.6 is 11.3 Å². The molecule has 2 aliphatic heterocycles. The van der Waals surface area contributed by atoms with Crippen molar-refractivity contribution in [2.24, 2.45) is 0 Å². The monoisotopic (exact) mass is 416 g/mol. The fourth-order valence-corrected chi connectivity index (χ4v) is 4.63. The van der Waals surface area contributed by atoms with E-state index in [1.807, 2.05) is 40.6 Å². The third-order valence-corrected chi connectivity index (χ3v) is 6.41. The number of β-amino-alcohol motifs (C(OH)–C–C–N with tert-alkyl or cyclic N) is 1. The van der Waals surface area contributed by atoms with Gasteiger partial charge in [0.1, 0.15) is 11.7 Å². The molecule has 4 rings (SSSR count). The second-order valence-electron chi connectivity index (χ2n) is 8.28. The summed E-state index contributed by atoms with van der Waals surface area (Å²) < 4.78 is 11.8. The predicted molar refractivity (Wildman–Crippen MR) is 113 cm³/mol. The van der Waals surface area contributed by atoms with Gasteiger partial charge >= 0.3 is 0 Å². The highest BCUT2D eigenvalue weighted by Crippen LogP contribution is 2.41. The van der Waals surface area contributed by atoms with Crippen LogP contribution in [-0.4, -0.2) is 65.7 Å². The number of benzene rings is 1. The molecule has 1 aromatic heterocycles. The van der Waals surface area contributed by atoms with Crippen molar-refractivity contribution in [2.75, 3.05) is 39.3 Å². The van der Waals surface area contributed by atoms with Gasteiger partial charge in [-0.2, -0.15) is 0 Å². The van der Waals surface area contributed by atoms with E-state index in [1.54, 1.807) is 11.3 Å². The molecule has 6 nitrogen and oxygen atoms in total. The van der Waals surface area contributed by atoms with Crippen molar-refractivity contribution in [3.8, 4) is 11.5 Å². The lowest BCUT2D eigenvalue weighted by molar-refractivity contribution is -0.135. The van der Waals surface area contributed by atoms with E-state index in [-0.39, 0.29) is 18.1 Å². The molecule has 0 bridgehead atoms. The zero-order chi connectivity index (χ0) is 20.4.